The van der Waals surface area contributed by atoms with Crippen molar-refractivity contribution in [2.75, 3.05) is 37.4 Å². The lowest BCUT2D eigenvalue weighted by Gasteiger charge is -2.13. The summed E-state index contributed by atoms with van der Waals surface area (Å²) in [7, 11) is -0.389. The minimum absolute atomic E-state index is 0.0622. The number of sulfonamides is 1. The molecule has 19 heavy (non-hydrogen) atoms. The molecule has 0 atom stereocenters. The Kier molecular flexibility index (Phi) is 4.67. The van der Waals surface area contributed by atoms with E-state index in [1.807, 2.05) is 0 Å². The number of amides is 1. The van der Waals surface area contributed by atoms with E-state index < -0.39 is 15.9 Å². The average Bonchev–Trinajstić information content (AvgIpc) is 2.30. The monoisotopic (exact) mass is 287 g/mol. The van der Waals surface area contributed by atoms with Crippen LogP contribution in [0.15, 0.2) is 12.1 Å². The summed E-state index contributed by atoms with van der Waals surface area (Å²) in [5.41, 5.74) is 11.1. The van der Waals surface area contributed by atoms with Crippen molar-refractivity contribution in [1.82, 2.24) is 9.29 Å². The van der Waals surface area contributed by atoms with Gasteiger partial charge in [-0.3, -0.25) is 4.79 Å². The van der Waals surface area contributed by atoms with Gasteiger partial charge in [0, 0.05) is 20.6 Å². The molecule has 0 aliphatic carbocycles. The number of carbonyl (C=O) groups excluding carboxylic acids is 1. The summed E-state index contributed by atoms with van der Waals surface area (Å²) in [5.74, 6) is -0.545. The number of hydrogen-bond acceptors (Lipinski definition) is 6. The van der Waals surface area contributed by atoms with Gasteiger partial charge >= 0.3 is 0 Å². The number of nitrogens with one attached hydrogen (secondary N) is 1. The predicted molar refractivity (Wildman–Crippen MR) is 73.1 cm³/mol. The average molecular weight is 287 g/mol. The molecule has 1 heterocycles. The number of rotatable bonds is 6. The van der Waals surface area contributed by atoms with Crippen molar-refractivity contribution in [3.8, 4) is 0 Å². The van der Waals surface area contributed by atoms with Crippen molar-refractivity contribution >= 4 is 27.4 Å². The third-order valence-corrected chi connectivity index (χ3v) is 4.22. The number of aromatic nitrogens is 1. The molecule has 0 spiro atoms. The van der Waals surface area contributed by atoms with E-state index in [2.05, 4.69) is 10.3 Å². The molecule has 106 valence electrons. The lowest BCUT2D eigenvalue weighted by molar-refractivity contribution is 0.0995. The van der Waals surface area contributed by atoms with Gasteiger partial charge in [0.15, 0.2) is 0 Å². The normalized spacial score (nSPS) is 11.5. The van der Waals surface area contributed by atoms with E-state index in [0.29, 0.717) is 5.69 Å². The van der Waals surface area contributed by atoms with E-state index in [4.69, 9.17) is 11.5 Å². The van der Waals surface area contributed by atoms with E-state index in [0.717, 1.165) is 4.31 Å². The molecule has 0 radical (unpaired) electrons. The first kappa shape index (κ1) is 15.2. The molecule has 9 heteroatoms. The first-order valence-corrected chi connectivity index (χ1v) is 7.05. The van der Waals surface area contributed by atoms with Gasteiger partial charge in [0.1, 0.15) is 11.5 Å². The zero-order chi connectivity index (χ0) is 14.6. The largest absolute Gasteiger partial charge is 0.396 e. The fourth-order valence-electron chi connectivity index (χ4n) is 1.23. The van der Waals surface area contributed by atoms with Crippen LogP contribution in [0.25, 0.3) is 0 Å². The number of hydrogen-bond donors (Lipinski definition) is 3. The zero-order valence-electron chi connectivity index (χ0n) is 10.8. The van der Waals surface area contributed by atoms with Crippen LogP contribution in [-0.4, -0.2) is 50.0 Å². The van der Waals surface area contributed by atoms with Crippen molar-refractivity contribution in [2.24, 2.45) is 5.73 Å². The van der Waals surface area contributed by atoms with Crippen LogP contribution in [0.3, 0.4) is 0 Å². The maximum Gasteiger partial charge on any atom is 0.267 e. The van der Waals surface area contributed by atoms with Gasteiger partial charge in [0.2, 0.25) is 10.0 Å². The Bertz CT molecular complexity index is 571. The Morgan fingerprint density at radius 1 is 1.42 bits per heavy atom. The van der Waals surface area contributed by atoms with Crippen molar-refractivity contribution in [3.05, 3.63) is 17.8 Å². The highest BCUT2D eigenvalue weighted by atomic mass is 32.2. The summed E-state index contributed by atoms with van der Waals surface area (Å²) in [6.07, 6.45) is 0. The van der Waals surface area contributed by atoms with E-state index in [1.165, 1.54) is 26.2 Å². The smallest absolute Gasteiger partial charge is 0.267 e. The highest BCUT2D eigenvalue weighted by molar-refractivity contribution is 7.89. The lowest BCUT2D eigenvalue weighted by Crippen LogP contribution is -2.28. The second kappa shape index (κ2) is 5.85. The Morgan fingerprint density at radius 3 is 2.58 bits per heavy atom. The molecule has 8 nitrogen and oxygen atoms in total. The van der Waals surface area contributed by atoms with Crippen LogP contribution < -0.4 is 16.8 Å². The van der Waals surface area contributed by atoms with Crippen molar-refractivity contribution in [1.29, 1.82) is 0 Å². The molecule has 1 aromatic rings. The van der Waals surface area contributed by atoms with Crippen LogP contribution >= 0.6 is 0 Å². The molecule has 1 aromatic heterocycles. The topological polar surface area (TPSA) is 131 Å². The van der Waals surface area contributed by atoms with E-state index in [1.54, 1.807) is 0 Å². The summed E-state index contributed by atoms with van der Waals surface area (Å²) >= 11 is 0. The minimum Gasteiger partial charge on any atom is -0.396 e. The zero-order valence-corrected chi connectivity index (χ0v) is 11.6. The molecule has 0 aliphatic heterocycles. The predicted octanol–water partition coefficient (Wildman–Crippen LogP) is -0.934. The molecular weight excluding hydrogens is 270 g/mol. The van der Waals surface area contributed by atoms with Crippen LogP contribution in [0.1, 0.15) is 10.5 Å². The van der Waals surface area contributed by atoms with Crippen molar-refractivity contribution < 1.29 is 13.2 Å². The third kappa shape index (κ3) is 4.07. The molecule has 0 fully saturated rings. The first-order valence-electron chi connectivity index (χ1n) is 5.44. The van der Waals surface area contributed by atoms with Gasteiger partial charge in [-0.15, -0.1) is 0 Å². The number of nitrogen functional groups attached to an aromatic ring is 1. The van der Waals surface area contributed by atoms with Crippen LogP contribution in [0.4, 0.5) is 11.5 Å². The summed E-state index contributed by atoms with van der Waals surface area (Å²) in [5, 5.41) is 2.77. The van der Waals surface area contributed by atoms with Gasteiger partial charge in [-0.25, -0.2) is 17.7 Å². The summed E-state index contributed by atoms with van der Waals surface area (Å²) in [6.45, 7) is 0.125. The molecule has 0 saturated carbocycles. The van der Waals surface area contributed by atoms with Crippen molar-refractivity contribution in [2.45, 2.75) is 0 Å². The van der Waals surface area contributed by atoms with Crippen molar-refractivity contribution in [3.63, 3.8) is 0 Å². The molecule has 1 amide bonds. The number of nitrogens with two attached hydrogens (primary N) is 2. The van der Waals surface area contributed by atoms with Crippen LogP contribution in [0.5, 0.6) is 0 Å². The molecule has 1 rings (SSSR count). The van der Waals surface area contributed by atoms with Crippen LogP contribution in [0.2, 0.25) is 0 Å². The maximum atomic E-state index is 11.5. The van der Waals surface area contributed by atoms with Gasteiger partial charge in [0.05, 0.1) is 11.4 Å². The summed E-state index contributed by atoms with van der Waals surface area (Å²) in [6, 6.07) is 2.88. The highest BCUT2D eigenvalue weighted by Crippen LogP contribution is 2.15. The number of primary amides is 1. The molecule has 0 saturated heterocycles. The molecule has 0 aliphatic rings. The van der Waals surface area contributed by atoms with Gasteiger partial charge < -0.3 is 16.8 Å². The number of anilines is 2. The minimum atomic E-state index is -3.30. The fourth-order valence-corrected chi connectivity index (χ4v) is 1.95. The molecule has 5 N–H and O–H groups in total. The lowest BCUT2D eigenvalue weighted by atomic mass is 10.3. The van der Waals surface area contributed by atoms with Gasteiger partial charge in [-0.1, -0.05) is 0 Å². The first-order chi connectivity index (χ1) is 8.74. The fraction of sp³-hybridized carbons (Fsp3) is 0.400. The molecule has 0 unspecified atom stereocenters. The van der Waals surface area contributed by atoms with Gasteiger partial charge in [-0.2, -0.15) is 0 Å². The number of nitrogens with zero attached hydrogens (tertiary/aromatic N) is 2. The Balaban J connectivity index is 2.73. The van der Waals surface area contributed by atoms with Crippen LogP contribution in [0, 0.1) is 0 Å². The van der Waals surface area contributed by atoms with E-state index in [-0.39, 0.29) is 23.8 Å². The third-order valence-electron chi connectivity index (χ3n) is 2.39. The second-order valence-corrected chi connectivity index (χ2v) is 6.33. The molecular formula is C10H17N5O3S. The van der Waals surface area contributed by atoms with E-state index in [9.17, 15) is 13.2 Å². The molecule has 0 aromatic carbocycles. The number of pyridine rings is 1. The SMILES string of the molecule is CN(C)S(=O)(=O)CCNc1nc(C(N)=O)ccc1N. The maximum absolute atomic E-state index is 11.5. The Morgan fingerprint density at radius 2 is 2.05 bits per heavy atom. The second-order valence-electron chi connectivity index (χ2n) is 4.02. The molecule has 0 bridgehead atoms. The summed E-state index contributed by atoms with van der Waals surface area (Å²) < 4.78 is 24.2. The quantitative estimate of drug-likeness (QED) is 0.619. The van der Waals surface area contributed by atoms with Crippen LogP contribution in [-0.2, 0) is 10.0 Å². The highest BCUT2D eigenvalue weighted by Gasteiger charge is 2.13. The van der Waals surface area contributed by atoms with Gasteiger partial charge in [-0.05, 0) is 12.1 Å². The summed E-state index contributed by atoms with van der Waals surface area (Å²) in [4.78, 5) is 14.9. The Labute approximate surface area is 111 Å². The standard InChI is InChI=1S/C10H17N5O3S/c1-15(2)19(17,18)6-5-13-10-7(11)3-4-8(14-10)9(12)16/h3-4H,5-6,11H2,1-2H3,(H2,12,16)(H,13,14). The number of carbonyl (C=O) groups is 1. The van der Waals surface area contributed by atoms with Gasteiger partial charge in [0.25, 0.3) is 5.91 Å². The van der Waals surface area contributed by atoms with E-state index >= 15 is 0 Å². The Hall–Kier alpha value is -1.87.